The number of aliphatic hydroxyl groups excluding tert-OH is 1. The van der Waals surface area contributed by atoms with Gasteiger partial charge >= 0.3 is 5.97 Å². The quantitative estimate of drug-likeness (QED) is 0.0863. The number of ether oxygens (including phenoxy) is 1. The standard InChI is InChI=1S/C37H50N2O5S/c1-3-5-8-20-32(23-29-16-9-6-10-17-29)36(43)44-25-33(27-45-26-30-18-11-7-12-19-30)38-35(42)31(15-4-2)24-34(41)39-37(28-40)21-13-14-22-37/h3-4,6-7,9-12,16-19,31-33,40H,1-2,5,8,13-15,20-28H2,(H,38,42)(H,39,41)/t31-,32+,33+/m0/s1. The highest BCUT2D eigenvalue weighted by Gasteiger charge is 2.35. The second-order valence-corrected chi connectivity index (χ2v) is 13.1. The molecule has 0 heterocycles. The lowest BCUT2D eigenvalue weighted by Crippen LogP contribution is -2.50. The Hall–Kier alpha value is -3.36. The lowest BCUT2D eigenvalue weighted by atomic mass is 9.94. The topological polar surface area (TPSA) is 105 Å². The molecule has 244 valence electrons. The number of esters is 1. The van der Waals surface area contributed by atoms with Crippen LogP contribution in [0.5, 0.6) is 0 Å². The Bertz CT molecular complexity index is 1200. The molecule has 2 aromatic carbocycles. The third-order valence-electron chi connectivity index (χ3n) is 8.34. The van der Waals surface area contributed by atoms with Crippen LogP contribution in [0.1, 0.15) is 68.9 Å². The van der Waals surface area contributed by atoms with Crippen molar-refractivity contribution in [3.63, 3.8) is 0 Å². The number of carbonyl (C=O) groups excluding carboxylic acids is 3. The lowest BCUT2D eigenvalue weighted by molar-refractivity contribution is -0.150. The summed E-state index contributed by atoms with van der Waals surface area (Å²) in [6.45, 7) is 7.53. The van der Waals surface area contributed by atoms with Crippen molar-refractivity contribution in [1.29, 1.82) is 0 Å². The van der Waals surface area contributed by atoms with Gasteiger partial charge in [-0.25, -0.2) is 0 Å². The number of nitrogens with one attached hydrogen (secondary N) is 2. The van der Waals surface area contributed by atoms with Gasteiger partial charge in [-0.1, -0.05) is 85.7 Å². The maximum atomic E-state index is 13.5. The molecule has 2 aromatic rings. The molecule has 3 N–H and O–H groups in total. The van der Waals surface area contributed by atoms with Crippen LogP contribution in [0.3, 0.4) is 0 Å². The van der Waals surface area contributed by atoms with Crippen molar-refractivity contribution >= 4 is 29.5 Å². The van der Waals surface area contributed by atoms with Crippen LogP contribution in [-0.2, 0) is 31.3 Å². The van der Waals surface area contributed by atoms with Crippen molar-refractivity contribution in [2.75, 3.05) is 19.0 Å². The highest BCUT2D eigenvalue weighted by Crippen LogP contribution is 2.29. The molecule has 1 aliphatic carbocycles. The molecule has 8 heteroatoms. The molecule has 45 heavy (non-hydrogen) atoms. The predicted octanol–water partition coefficient (Wildman–Crippen LogP) is 6.17. The van der Waals surface area contributed by atoms with Gasteiger partial charge in [0.25, 0.3) is 0 Å². The average molecular weight is 635 g/mol. The van der Waals surface area contributed by atoms with Crippen LogP contribution in [0.2, 0.25) is 0 Å². The SMILES string of the molecule is C=CCCC[C@H](Cc1ccccc1)C(=O)OC[C@H](CSCc1ccccc1)NC(=O)[C@@H](CC=C)CC(=O)NC1(CO)CCCC1. The number of allylic oxidation sites excluding steroid dienone is 2. The molecule has 0 bridgehead atoms. The first-order valence-corrected chi connectivity index (χ1v) is 17.3. The van der Waals surface area contributed by atoms with Gasteiger partial charge in [-0.15, -0.1) is 13.2 Å². The lowest BCUT2D eigenvalue weighted by Gasteiger charge is -2.29. The van der Waals surface area contributed by atoms with Crippen LogP contribution >= 0.6 is 11.8 Å². The minimum absolute atomic E-state index is 0.00821. The first kappa shape index (κ1) is 36.1. The van der Waals surface area contributed by atoms with E-state index in [0.717, 1.165) is 49.8 Å². The molecular weight excluding hydrogens is 584 g/mol. The number of rotatable bonds is 21. The zero-order valence-electron chi connectivity index (χ0n) is 26.5. The number of hydrogen-bond acceptors (Lipinski definition) is 6. The van der Waals surface area contributed by atoms with Gasteiger partial charge in [-0.2, -0.15) is 11.8 Å². The Morgan fingerprint density at radius 2 is 1.62 bits per heavy atom. The zero-order valence-corrected chi connectivity index (χ0v) is 27.3. The van der Waals surface area contributed by atoms with Gasteiger partial charge in [0.2, 0.25) is 11.8 Å². The summed E-state index contributed by atoms with van der Waals surface area (Å²) in [5, 5.41) is 16.0. The van der Waals surface area contributed by atoms with Crippen LogP contribution in [0.25, 0.3) is 0 Å². The van der Waals surface area contributed by atoms with Crippen LogP contribution < -0.4 is 10.6 Å². The van der Waals surface area contributed by atoms with E-state index >= 15 is 0 Å². The normalized spacial score (nSPS) is 15.8. The molecule has 3 rings (SSSR count). The summed E-state index contributed by atoms with van der Waals surface area (Å²) in [6, 6.07) is 19.6. The van der Waals surface area contributed by atoms with Gasteiger partial charge in [-0.05, 0) is 56.1 Å². The molecule has 0 unspecified atom stereocenters. The first-order valence-electron chi connectivity index (χ1n) is 16.1. The van der Waals surface area contributed by atoms with E-state index in [-0.39, 0.29) is 43.3 Å². The monoisotopic (exact) mass is 634 g/mol. The Balaban J connectivity index is 1.66. The van der Waals surface area contributed by atoms with Crippen molar-refractivity contribution in [3.05, 3.63) is 97.1 Å². The van der Waals surface area contributed by atoms with E-state index in [1.807, 2.05) is 54.6 Å². The third kappa shape index (κ3) is 12.9. The van der Waals surface area contributed by atoms with E-state index in [4.69, 9.17) is 4.74 Å². The predicted molar refractivity (Wildman–Crippen MR) is 183 cm³/mol. The van der Waals surface area contributed by atoms with Crippen LogP contribution in [0, 0.1) is 11.8 Å². The number of thioether (sulfide) groups is 1. The fourth-order valence-electron chi connectivity index (χ4n) is 5.78. The summed E-state index contributed by atoms with van der Waals surface area (Å²) < 4.78 is 5.89. The first-order chi connectivity index (χ1) is 21.9. The number of carbonyl (C=O) groups is 3. The van der Waals surface area contributed by atoms with Gasteiger partial charge in [-0.3, -0.25) is 14.4 Å². The number of unbranched alkanes of at least 4 members (excludes halogenated alkanes) is 1. The molecule has 1 aliphatic rings. The van der Waals surface area contributed by atoms with Gasteiger partial charge in [0.1, 0.15) is 6.61 Å². The second-order valence-electron chi connectivity index (χ2n) is 12.1. The summed E-state index contributed by atoms with van der Waals surface area (Å²) in [7, 11) is 0. The largest absolute Gasteiger partial charge is 0.463 e. The highest BCUT2D eigenvalue weighted by atomic mass is 32.2. The van der Waals surface area contributed by atoms with Gasteiger partial charge < -0.3 is 20.5 Å². The zero-order chi connectivity index (χ0) is 32.3. The number of aliphatic hydroxyl groups is 1. The Labute approximate surface area is 273 Å². The molecule has 0 aromatic heterocycles. The van der Waals surface area contributed by atoms with E-state index in [0.29, 0.717) is 25.0 Å². The summed E-state index contributed by atoms with van der Waals surface area (Å²) in [4.78, 5) is 39.9. The van der Waals surface area contributed by atoms with E-state index in [9.17, 15) is 19.5 Å². The molecule has 0 saturated heterocycles. The molecule has 2 amide bonds. The number of benzene rings is 2. The molecule has 1 fully saturated rings. The van der Waals surface area contributed by atoms with E-state index in [1.54, 1.807) is 17.8 Å². The van der Waals surface area contributed by atoms with Crippen molar-refractivity contribution in [3.8, 4) is 0 Å². The Morgan fingerprint density at radius 3 is 2.24 bits per heavy atom. The van der Waals surface area contributed by atoms with Crippen LogP contribution in [0.15, 0.2) is 86.0 Å². The van der Waals surface area contributed by atoms with Gasteiger partial charge in [0.15, 0.2) is 0 Å². The highest BCUT2D eigenvalue weighted by molar-refractivity contribution is 7.98. The maximum Gasteiger partial charge on any atom is 0.309 e. The fourth-order valence-corrected chi connectivity index (χ4v) is 6.79. The van der Waals surface area contributed by atoms with Crippen LogP contribution in [-0.4, -0.2) is 53.4 Å². The number of amides is 2. The minimum Gasteiger partial charge on any atom is -0.463 e. The van der Waals surface area contributed by atoms with Crippen molar-refractivity contribution in [2.45, 2.75) is 81.5 Å². The maximum absolute atomic E-state index is 13.5. The smallest absolute Gasteiger partial charge is 0.309 e. The molecule has 0 spiro atoms. The molecule has 1 saturated carbocycles. The second kappa shape index (κ2) is 19.9. The molecular formula is C37H50N2O5S. The van der Waals surface area contributed by atoms with Gasteiger partial charge in [0.05, 0.1) is 30.0 Å². The average Bonchev–Trinajstić information content (AvgIpc) is 3.52. The third-order valence-corrected chi connectivity index (χ3v) is 9.52. The molecule has 0 aliphatic heterocycles. The molecule has 7 nitrogen and oxygen atoms in total. The molecule has 3 atom stereocenters. The minimum atomic E-state index is -0.623. The van der Waals surface area contributed by atoms with Crippen molar-refractivity contribution in [2.24, 2.45) is 11.8 Å². The summed E-state index contributed by atoms with van der Waals surface area (Å²) in [5.41, 5.74) is 1.65. The summed E-state index contributed by atoms with van der Waals surface area (Å²) >= 11 is 1.65. The van der Waals surface area contributed by atoms with Gasteiger partial charge in [0, 0.05) is 17.9 Å². The van der Waals surface area contributed by atoms with E-state index in [2.05, 4.69) is 35.9 Å². The Morgan fingerprint density at radius 1 is 0.956 bits per heavy atom. The summed E-state index contributed by atoms with van der Waals surface area (Å²) in [5.74, 6) is -0.437. The number of hydrogen-bond donors (Lipinski definition) is 3. The summed E-state index contributed by atoms with van der Waals surface area (Å²) in [6.07, 6.45) is 10.1. The van der Waals surface area contributed by atoms with E-state index in [1.165, 1.54) is 5.56 Å². The molecule has 0 radical (unpaired) electrons. The fraction of sp³-hybridized carbons (Fsp3) is 0.486. The van der Waals surface area contributed by atoms with Crippen molar-refractivity contribution < 1.29 is 24.2 Å². The van der Waals surface area contributed by atoms with Crippen molar-refractivity contribution in [1.82, 2.24) is 10.6 Å². The van der Waals surface area contributed by atoms with E-state index < -0.39 is 17.5 Å². The Kier molecular flexibility index (Phi) is 16.0. The van der Waals surface area contributed by atoms with Crippen LogP contribution in [0.4, 0.5) is 0 Å².